The normalized spacial score (nSPS) is 16.9. The van der Waals surface area contributed by atoms with Crippen molar-refractivity contribution in [2.75, 3.05) is 36.5 Å². The number of hydrogen-bond donors (Lipinski definition) is 3. The minimum Gasteiger partial charge on any atom is -0.370 e. The second kappa shape index (κ2) is 11.1. The van der Waals surface area contributed by atoms with Gasteiger partial charge < -0.3 is 25.6 Å². The molecule has 2 fully saturated rings. The first-order chi connectivity index (χ1) is 16.8. The predicted octanol–water partition coefficient (Wildman–Crippen LogP) is 2.56. The Morgan fingerprint density at radius 1 is 1.23 bits per heavy atom. The van der Waals surface area contributed by atoms with Crippen molar-refractivity contribution >= 4 is 57.9 Å². The second-order valence-corrected chi connectivity index (χ2v) is 9.97. The highest BCUT2D eigenvalue weighted by Crippen LogP contribution is 2.27. The summed E-state index contributed by atoms with van der Waals surface area (Å²) in [7, 11) is 0. The molecule has 12 heteroatoms. The van der Waals surface area contributed by atoms with Gasteiger partial charge in [-0.15, -0.1) is 11.3 Å². The number of nitrogens with one attached hydrogen (secondary N) is 3. The molecule has 9 nitrogen and oxygen atoms in total. The minimum absolute atomic E-state index is 0.0775. The molecule has 1 saturated carbocycles. The molecule has 35 heavy (non-hydrogen) atoms. The summed E-state index contributed by atoms with van der Waals surface area (Å²) in [5.41, 5.74) is 0.240. The van der Waals surface area contributed by atoms with Crippen LogP contribution >= 0.6 is 22.9 Å². The molecule has 1 aliphatic carbocycles. The van der Waals surface area contributed by atoms with Gasteiger partial charge in [-0.3, -0.25) is 19.2 Å². The van der Waals surface area contributed by atoms with Crippen LogP contribution < -0.4 is 20.9 Å². The number of carbonyl (C=O) groups excluding carboxylic acids is 4. The van der Waals surface area contributed by atoms with Crippen LogP contribution in [0.2, 0.25) is 4.34 Å². The van der Waals surface area contributed by atoms with E-state index in [1.54, 1.807) is 12.1 Å². The van der Waals surface area contributed by atoms with E-state index < -0.39 is 23.7 Å². The number of carbonyl (C=O) groups is 4. The van der Waals surface area contributed by atoms with Gasteiger partial charge in [-0.1, -0.05) is 18.0 Å². The lowest BCUT2D eigenvalue weighted by Crippen LogP contribution is -2.52. The maximum absolute atomic E-state index is 14.8. The SMILES string of the molecule is O=C(NC[C@H](NC(=O)C1CCC1)C(=O)Nc1ccc(N2CCOCC2=O)cc1F)c1ccc(Cl)s1. The van der Waals surface area contributed by atoms with Crippen LogP contribution in [-0.2, 0) is 19.1 Å². The number of amides is 4. The fraction of sp³-hybridized carbons (Fsp3) is 0.391. The van der Waals surface area contributed by atoms with Crippen molar-refractivity contribution in [3.05, 3.63) is 45.4 Å². The number of nitrogens with zero attached hydrogens (tertiary/aromatic N) is 1. The van der Waals surface area contributed by atoms with Gasteiger partial charge in [0.1, 0.15) is 18.5 Å². The molecule has 4 amide bonds. The van der Waals surface area contributed by atoms with E-state index in [9.17, 15) is 23.6 Å². The molecular formula is C23H24ClFN4O5S. The zero-order valence-corrected chi connectivity index (χ0v) is 20.2. The van der Waals surface area contributed by atoms with Crippen LogP contribution in [0, 0.1) is 11.7 Å². The summed E-state index contributed by atoms with van der Waals surface area (Å²) < 4.78 is 20.3. The maximum atomic E-state index is 14.8. The number of morpholine rings is 1. The lowest BCUT2D eigenvalue weighted by Gasteiger charge is -2.28. The van der Waals surface area contributed by atoms with Crippen molar-refractivity contribution in [1.82, 2.24) is 10.6 Å². The zero-order chi connectivity index (χ0) is 24.9. The summed E-state index contributed by atoms with van der Waals surface area (Å²) in [6, 6.07) is 6.04. The van der Waals surface area contributed by atoms with Crippen molar-refractivity contribution < 1.29 is 28.3 Å². The Bertz CT molecular complexity index is 1140. The number of anilines is 2. The molecule has 0 unspecified atom stereocenters. The fourth-order valence-corrected chi connectivity index (χ4v) is 4.63. The van der Waals surface area contributed by atoms with E-state index in [0.29, 0.717) is 28.1 Å². The largest absolute Gasteiger partial charge is 0.370 e. The summed E-state index contributed by atoms with van der Waals surface area (Å²) in [6.07, 6.45) is 2.40. The van der Waals surface area contributed by atoms with E-state index in [1.165, 1.54) is 17.0 Å². The second-order valence-electron chi connectivity index (χ2n) is 8.25. The Kier molecular flexibility index (Phi) is 7.99. The van der Waals surface area contributed by atoms with Crippen molar-refractivity contribution in [3.63, 3.8) is 0 Å². The van der Waals surface area contributed by atoms with Crippen LogP contribution in [0.25, 0.3) is 0 Å². The van der Waals surface area contributed by atoms with Crippen LogP contribution in [0.15, 0.2) is 30.3 Å². The van der Waals surface area contributed by atoms with E-state index in [1.807, 2.05) is 0 Å². The Morgan fingerprint density at radius 2 is 2.03 bits per heavy atom. The molecule has 1 atom stereocenters. The highest BCUT2D eigenvalue weighted by Gasteiger charge is 2.30. The standard InChI is InChI=1S/C23H24ClFN4O5S/c24-19-7-6-18(35-19)23(33)26-11-17(28-21(31)13-2-1-3-13)22(32)27-16-5-4-14(10-15(16)25)29-8-9-34-12-20(29)30/h4-7,10,13,17H,1-3,8-9,11-12H2,(H,26,33)(H,27,32)(H,28,31)/t17-/m0/s1. The molecule has 1 aliphatic heterocycles. The third-order valence-corrected chi connectivity index (χ3v) is 7.11. The molecule has 186 valence electrons. The van der Waals surface area contributed by atoms with Gasteiger partial charge in [0, 0.05) is 24.7 Å². The van der Waals surface area contributed by atoms with E-state index in [4.69, 9.17) is 16.3 Å². The molecule has 0 bridgehead atoms. The summed E-state index contributed by atoms with van der Waals surface area (Å²) in [5, 5.41) is 7.75. The van der Waals surface area contributed by atoms with Crippen LogP contribution in [0.4, 0.5) is 15.8 Å². The third-order valence-electron chi connectivity index (χ3n) is 5.88. The van der Waals surface area contributed by atoms with Gasteiger partial charge in [0.15, 0.2) is 0 Å². The lowest BCUT2D eigenvalue weighted by molar-refractivity contribution is -0.131. The van der Waals surface area contributed by atoms with Crippen LogP contribution in [0.3, 0.4) is 0 Å². The quantitative estimate of drug-likeness (QED) is 0.492. The van der Waals surface area contributed by atoms with Crippen LogP contribution in [0.5, 0.6) is 0 Å². The van der Waals surface area contributed by atoms with Gasteiger partial charge in [-0.2, -0.15) is 0 Å². The van der Waals surface area contributed by atoms with E-state index in [-0.39, 0.29) is 36.6 Å². The smallest absolute Gasteiger partial charge is 0.261 e. The monoisotopic (exact) mass is 522 g/mol. The molecule has 0 radical (unpaired) electrons. The maximum Gasteiger partial charge on any atom is 0.261 e. The van der Waals surface area contributed by atoms with E-state index in [0.717, 1.165) is 36.7 Å². The van der Waals surface area contributed by atoms with Gasteiger partial charge >= 0.3 is 0 Å². The number of halogens is 2. The molecular weight excluding hydrogens is 499 g/mol. The van der Waals surface area contributed by atoms with Crippen molar-refractivity contribution in [3.8, 4) is 0 Å². The fourth-order valence-electron chi connectivity index (χ4n) is 3.67. The summed E-state index contributed by atoms with van der Waals surface area (Å²) in [5.74, 6) is -2.62. The first-order valence-electron chi connectivity index (χ1n) is 11.1. The average molecular weight is 523 g/mol. The van der Waals surface area contributed by atoms with Crippen molar-refractivity contribution in [2.45, 2.75) is 25.3 Å². The van der Waals surface area contributed by atoms with E-state index in [2.05, 4.69) is 16.0 Å². The molecule has 1 aromatic carbocycles. The van der Waals surface area contributed by atoms with Crippen molar-refractivity contribution in [2.24, 2.45) is 5.92 Å². The summed E-state index contributed by atoms with van der Waals surface area (Å²) >= 11 is 6.96. The Labute approximate surface area is 209 Å². The molecule has 0 spiro atoms. The third kappa shape index (κ3) is 6.16. The Balaban J connectivity index is 1.44. The van der Waals surface area contributed by atoms with Crippen LogP contribution in [-0.4, -0.2) is 56.0 Å². The van der Waals surface area contributed by atoms with Crippen molar-refractivity contribution in [1.29, 1.82) is 0 Å². The highest BCUT2D eigenvalue weighted by molar-refractivity contribution is 7.18. The molecule has 2 aliphatic rings. The summed E-state index contributed by atoms with van der Waals surface area (Å²) in [6.45, 7) is 0.374. The van der Waals surface area contributed by atoms with Gasteiger partial charge in [0.05, 0.1) is 21.5 Å². The van der Waals surface area contributed by atoms with Gasteiger partial charge in [0.2, 0.25) is 11.8 Å². The van der Waals surface area contributed by atoms with Gasteiger partial charge in [-0.05, 0) is 43.2 Å². The topological polar surface area (TPSA) is 117 Å². The number of rotatable bonds is 8. The van der Waals surface area contributed by atoms with Gasteiger partial charge in [0.25, 0.3) is 11.8 Å². The Hall–Kier alpha value is -3.02. The predicted molar refractivity (Wildman–Crippen MR) is 129 cm³/mol. The first-order valence-corrected chi connectivity index (χ1v) is 12.3. The zero-order valence-electron chi connectivity index (χ0n) is 18.6. The average Bonchev–Trinajstić information content (AvgIpc) is 3.23. The number of thiophene rings is 1. The molecule has 4 rings (SSSR count). The highest BCUT2D eigenvalue weighted by atomic mass is 35.5. The molecule has 1 aromatic heterocycles. The molecule has 2 aromatic rings. The summed E-state index contributed by atoms with van der Waals surface area (Å²) in [4.78, 5) is 51.6. The lowest BCUT2D eigenvalue weighted by atomic mass is 9.84. The minimum atomic E-state index is -1.12. The van der Waals surface area contributed by atoms with Gasteiger partial charge in [-0.25, -0.2) is 4.39 Å². The molecule has 1 saturated heterocycles. The molecule has 2 heterocycles. The number of hydrogen-bond acceptors (Lipinski definition) is 6. The number of ether oxygens (including phenoxy) is 1. The first kappa shape index (κ1) is 25.1. The number of benzene rings is 1. The van der Waals surface area contributed by atoms with E-state index >= 15 is 0 Å². The Morgan fingerprint density at radius 3 is 2.66 bits per heavy atom. The van der Waals surface area contributed by atoms with Crippen LogP contribution in [0.1, 0.15) is 28.9 Å². The molecule has 3 N–H and O–H groups in total.